The van der Waals surface area contributed by atoms with Crippen molar-refractivity contribution in [2.45, 2.75) is 24.7 Å². The highest BCUT2D eigenvalue weighted by Crippen LogP contribution is 2.52. The van der Waals surface area contributed by atoms with Gasteiger partial charge in [-0.15, -0.1) is 0 Å². The summed E-state index contributed by atoms with van der Waals surface area (Å²) in [5.74, 6) is -0.934. The van der Waals surface area contributed by atoms with Crippen LogP contribution in [0.25, 0.3) is 0 Å². The number of rotatable bonds is 3. The number of hydrogen-bond donors (Lipinski definition) is 2. The van der Waals surface area contributed by atoms with Crippen molar-refractivity contribution in [3.63, 3.8) is 0 Å². The molecule has 94 valence electrons. The van der Waals surface area contributed by atoms with Crippen LogP contribution in [0.1, 0.15) is 24.8 Å². The standard InChI is InChI=1S/C12H15BrFNO2/c1-17-11-9(12(6-15)3-2-4-12)7(13)5-8(14)10(11)16/h5,16H,2-4,6,15H2,1H3. The van der Waals surface area contributed by atoms with E-state index in [9.17, 15) is 9.50 Å². The third-order valence-electron chi connectivity index (χ3n) is 3.60. The molecule has 0 saturated heterocycles. The van der Waals surface area contributed by atoms with Gasteiger partial charge in [0.05, 0.1) is 7.11 Å². The summed E-state index contributed by atoms with van der Waals surface area (Å²) in [5.41, 5.74) is 6.42. The van der Waals surface area contributed by atoms with Gasteiger partial charge in [-0.2, -0.15) is 0 Å². The summed E-state index contributed by atoms with van der Waals surface area (Å²) < 4.78 is 19.2. The number of nitrogens with two attached hydrogens (primary N) is 1. The first kappa shape index (κ1) is 12.6. The van der Waals surface area contributed by atoms with Crippen LogP contribution < -0.4 is 10.5 Å². The van der Waals surface area contributed by atoms with Crippen LogP contribution in [0.3, 0.4) is 0 Å². The van der Waals surface area contributed by atoms with Crippen molar-refractivity contribution in [2.24, 2.45) is 5.73 Å². The highest BCUT2D eigenvalue weighted by atomic mass is 79.9. The first-order chi connectivity index (χ1) is 8.05. The number of benzene rings is 1. The maximum Gasteiger partial charge on any atom is 0.194 e. The summed E-state index contributed by atoms with van der Waals surface area (Å²) >= 11 is 3.34. The van der Waals surface area contributed by atoms with Gasteiger partial charge in [0.25, 0.3) is 0 Å². The largest absolute Gasteiger partial charge is 0.502 e. The number of ether oxygens (including phenoxy) is 1. The number of halogens is 2. The number of hydrogen-bond acceptors (Lipinski definition) is 3. The SMILES string of the molecule is COc1c(O)c(F)cc(Br)c1C1(CN)CCC1. The molecule has 0 bridgehead atoms. The van der Waals surface area contributed by atoms with Crippen molar-refractivity contribution in [2.75, 3.05) is 13.7 Å². The highest BCUT2D eigenvalue weighted by Gasteiger charge is 2.42. The second kappa shape index (κ2) is 4.46. The molecular formula is C12H15BrFNO2. The fraction of sp³-hybridized carbons (Fsp3) is 0.500. The summed E-state index contributed by atoms with van der Waals surface area (Å²) in [5, 5.41) is 9.72. The van der Waals surface area contributed by atoms with Gasteiger partial charge in [0, 0.05) is 22.0 Å². The van der Waals surface area contributed by atoms with Gasteiger partial charge in [0.1, 0.15) is 0 Å². The third kappa shape index (κ3) is 1.81. The van der Waals surface area contributed by atoms with E-state index in [0.29, 0.717) is 11.0 Å². The van der Waals surface area contributed by atoms with E-state index in [-0.39, 0.29) is 11.2 Å². The molecule has 1 fully saturated rings. The Labute approximate surface area is 108 Å². The van der Waals surface area contributed by atoms with Crippen LogP contribution in [0.15, 0.2) is 10.5 Å². The fourth-order valence-electron chi connectivity index (χ4n) is 2.44. The molecule has 0 amide bonds. The van der Waals surface area contributed by atoms with Crippen molar-refractivity contribution in [3.05, 3.63) is 21.9 Å². The molecule has 0 radical (unpaired) electrons. The molecule has 1 aliphatic rings. The van der Waals surface area contributed by atoms with E-state index < -0.39 is 11.6 Å². The van der Waals surface area contributed by atoms with Gasteiger partial charge >= 0.3 is 0 Å². The van der Waals surface area contributed by atoms with Crippen LogP contribution in [-0.4, -0.2) is 18.8 Å². The van der Waals surface area contributed by atoms with Crippen molar-refractivity contribution in [3.8, 4) is 11.5 Å². The van der Waals surface area contributed by atoms with Crippen molar-refractivity contribution in [1.82, 2.24) is 0 Å². The minimum atomic E-state index is -0.691. The smallest absolute Gasteiger partial charge is 0.194 e. The van der Waals surface area contributed by atoms with Crippen molar-refractivity contribution in [1.29, 1.82) is 0 Å². The van der Waals surface area contributed by atoms with Gasteiger partial charge in [-0.05, 0) is 18.9 Å². The molecule has 3 N–H and O–H groups in total. The lowest BCUT2D eigenvalue weighted by atomic mass is 9.64. The van der Waals surface area contributed by atoms with E-state index in [1.165, 1.54) is 13.2 Å². The van der Waals surface area contributed by atoms with Crippen molar-refractivity contribution >= 4 is 15.9 Å². The monoisotopic (exact) mass is 303 g/mol. The molecule has 1 aromatic rings. The Kier molecular flexibility index (Phi) is 3.32. The maximum atomic E-state index is 13.4. The molecule has 0 unspecified atom stereocenters. The van der Waals surface area contributed by atoms with E-state index in [1.807, 2.05) is 0 Å². The third-order valence-corrected chi connectivity index (χ3v) is 4.22. The van der Waals surface area contributed by atoms with Crippen LogP contribution in [0, 0.1) is 5.82 Å². The Bertz CT molecular complexity index is 441. The predicted octanol–water partition coefficient (Wildman–Crippen LogP) is 2.68. The molecule has 5 heteroatoms. The first-order valence-corrected chi connectivity index (χ1v) is 6.30. The molecule has 1 aromatic carbocycles. The highest BCUT2D eigenvalue weighted by molar-refractivity contribution is 9.10. The van der Waals surface area contributed by atoms with Crippen LogP contribution in [0.4, 0.5) is 4.39 Å². The second-order valence-electron chi connectivity index (χ2n) is 4.44. The van der Waals surface area contributed by atoms with E-state index in [4.69, 9.17) is 10.5 Å². The summed E-state index contributed by atoms with van der Waals surface area (Å²) in [6.45, 7) is 0.465. The lowest BCUT2D eigenvalue weighted by molar-refractivity contribution is 0.238. The molecule has 2 rings (SSSR count). The van der Waals surface area contributed by atoms with E-state index in [2.05, 4.69) is 15.9 Å². The normalized spacial score (nSPS) is 17.6. The molecule has 1 saturated carbocycles. The van der Waals surface area contributed by atoms with Gasteiger partial charge in [0.2, 0.25) is 0 Å². The molecule has 0 heterocycles. The lowest BCUT2D eigenvalue weighted by Gasteiger charge is -2.42. The molecular weight excluding hydrogens is 289 g/mol. The summed E-state index contributed by atoms with van der Waals surface area (Å²) in [6.07, 6.45) is 2.96. The van der Waals surface area contributed by atoms with Crippen LogP contribution in [0.5, 0.6) is 11.5 Å². The molecule has 0 atom stereocenters. The van der Waals surface area contributed by atoms with E-state index in [0.717, 1.165) is 24.8 Å². The Morgan fingerprint density at radius 2 is 2.24 bits per heavy atom. The Balaban J connectivity index is 2.63. The second-order valence-corrected chi connectivity index (χ2v) is 5.29. The number of methoxy groups -OCH3 is 1. The van der Waals surface area contributed by atoms with Gasteiger partial charge in [0.15, 0.2) is 17.3 Å². The van der Waals surface area contributed by atoms with E-state index >= 15 is 0 Å². The van der Waals surface area contributed by atoms with Crippen LogP contribution >= 0.6 is 15.9 Å². The van der Waals surface area contributed by atoms with E-state index in [1.54, 1.807) is 0 Å². The average molecular weight is 304 g/mol. The van der Waals surface area contributed by atoms with Crippen molar-refractivity contribution < 1.29 is 14.2 Å². The lowest BCUT2D eigenvalue weighted by Crippen LogP contribution is -2.42. The molecule has 3 nitrogen and oxygen atoms in total. The predicted molar refractivity (Wildman–Crippen MR) is 66.9 cm³/mol. The zero-order chi connectivity index (χ0) is 12.6. The quantitative estimate of drug-likeness (QED) is 0.902. The summed E-state index contributed by atoms with van der Waals surface area (Å²) in [4.78, 5) is 0. The van der Waals surface area contributed by atoms with Gasteiger partial charge in [-0.25, -0.2) is 4.39 Å². The fourth-order valence-corrected chi connectivity index (χ4v) is 3.24. The van der Waals surface area contributed by atoms with Gasteiger partial charge in [-0.1, -0.05) is 22.4 Å². The number of phenols is 1. The molecule has 0 spiro atoms. The van der Waals surface area contributed by atoms with Gasteiger partial charge in [-0.3, -0.25) is 0 Å². The number of phenolic OH excluding ortho intramolecular Hbond substituents is 1. The molecule has 17 heavy (non-hydrogen) atoms. The molecule has 1 aliphatic carbocycles. The number of aromatic hydroxyl groups is 1. The molecule has 0 aromatic heterocycles. The van der Waals surface area contributed by atoms with Crippen LogP contribution in [-0.2, 0) is 5.41 Å². The average Bonchev–Trinajstić information content (AvgIpc) is 2.24. The Hall–Kier alpha value is -0.810. The summed E-state index contributed by atoms with van der Waals surface area (Å²) in [7, 11) is 1.42. The Morgan fingerprint density at radius 3 is 2.65 bits per heavy atom. The Morgan fingerprint density at radius 1 is 1.59 bits per heavy atom. The summed E-state index contributed by atoms with van der Waals surface area (Å²) in [6, 6.07) is 1.27. The minimum Gasteiger partial charge on any atom is -0.502 e. The van der Waals surface area contributed by atoms with Gasteiger partial charge < -0.3 is 15.6 Å². The zero-order valence-corrected chi connectivity index (χ0v) is 11.2. The minimum absolute atomic E-state index is 0.196. The van der Waals surface area contributed by atoms with Crippen LogP contribution in [0.2, 0.25) is 0 Å². The molecule has 0 aliphatic heterocycles. The maximum absolute atomic E-state index is 13.4. The zero-order valence-electron chi connectivity index (χ0n) is 9.59. The first-order valence-electron chi connectivity index (χ1n) is 5.51. The topological polar surface area (TPSA) is 55.5 Å².